The zero-order valence-electron chi connectivity index (χ0n) is 13.5. The molecule has 0 saturated heterocycles. The van der Waals surface area contributed by atoms with Crippen LogP contribution in [0.2, 0.25) is 0 Å². The van der Waals surface area contributed by atoms with Gasteiger partial charge in [0, 0.05) is 17.4 Å². The highest BCUT2D eigenvalue weighted by Gasteiger charge is 2.13. The molecule has 0 bridgehead atoms. The zero-order chi connectivity index (χ0) is 18.2. The molecule has 0 aliphatic rings. The van der Waals surface area contributed by atoms with Crippen molar-refractivity contribution >= 4 is 17.8 Å². The first kappa shape index (κ1) is 17.9. The summed E-state index contributed by atoms with van der Waals surface area (Å²) in [5.74, 6) is -1.26. The van der Waals surface area contributed by atoms with Crippen LogP contribution in [0.15, 0.2) is 47.6 Å². The van der Waals surface area contributed by atoms with Gasteiger partial charge >= 0.3 is 0 Å². The number of hydrogen-bond donors (Lipinski definition) is 1. The van der Waals surface area contributed by atoms with E-state index in [0.29, 0.717) is 0 Å². The van der Waals surface area contributed by atoms with E-state index in [4.69, 9.17) is 4.74 Å². The van der Waals surface area contributed by atoms with Crippen molar-refractivity contribution in [1.29, 1.82) is 0 Å². The molecule has 0 aromatic heterocycles. The van der Waals surface area contributed by atoms with E-state index in [2.05, 4.69) is 10.5 Å². The number of rotatable bonds is 7. The molecule has 1 amide bonds. The molecule has 0 radical (unpaired) electrons. The third-order valence-electron chi connectivity index (χ3n) is 3.16. The summed E-state index contributed by atoms with van der Waals surface area (Å²) < 4.78 is 5.11. The molecular weight excluding hydrogens is 326 g/mol. The first-order chi connectivity index (χ1) is 12.0. The fraction of sp³-hybridized carbons (Fsp3) is 0.176. The summed E-state index contributed by atoms with van der Waals surface area (Å²) in [7, 11) is 0. The number of carbonyl (C=O) groups excluding carboxylic acids is 1. The van der Waals surface area contributed by atoms with Crippen LogP contribution in [-0.2, 0) is 11.2 Å². The quantitative estimate of drug-likeness (QED) is 0.467. The third-order valence-corrected chi connectivity index (χ3v) is 3.16. The van der Waals surface area contributed by atoms with Crippen molar-refractivity contribution in [3.05, 3.63) is 63.7 Å². The maximum Gasteiger partial charge on any atom is 0.266 e. The van der Waals surface area contributed by atoms with Crippen LogP contribution >= 0.6 is 0 Å². The largest absolute Gasteiger partial charge is 0.865 e. The Morgan fingerprint density at radius 3 is 2.68 bits per heavy atom. The third kappa shape index (κ3) is 5.03. The van der Waals surface area contributed by atoms with Crippen molar-refractivity contribution in [2.45, 2.75) is 13.3 Å². The van der Waals surface area contributed by atoms with Crippen LogP contribution in [0.4, 0.5) is 5.69 Å². The summed E-state index contributed by atoms with van der Waals surface area (Å²) in [5, 5.41) is 26.6. The smallest absolute Gasteiger partial charge is 0.266 e. The standard InChI is InChI=1S/C17H17N3O5/c1-2-25-15-9-13(8-14(17(15)22)20(23)24)11-18-19-16(21)10-12-6-4-3-5-7-12/h3-9,11,22H,2,10H2,1H3,(H,19,21)/p-1/b18-11-. The Bertz CT molecular complexity index is 790. The number of nitrogens with one attached hydrogen (secondary N) is 1. The lowest BCUT2D eigenvalue weighted by Gasteiger charge is -2.14. The van der Waals surface area contributed by atoms with Crippen molar-refractivity contribution in [2.75, 3.05) is 6.61 Å². The second kappa shape index (κ2) is 8.44. The lowest BCUT2D eigenvalue weighted by Crippen LogP contribution is -2.19. The maximum absolute atomic E-state index is 11.9. The molecule has 0 spiro atoms. The Balaban J connectivity index is 2.09. The molecule has 130 valence electrons. The minimum atomic E-state index is -0.794. The number of nitrogens with zero attached hydrogens (tertiary/aromatic N) is 2. The lowest BCUT2D eigenvalue weighted by atomic mass is 10.1. The summed E-state index contributed by atoms with van der Waals surface area (Å²) >= 11 is 0. The average Bonchev–Trinajstić information content (AvgIpc) is 2.58. The van der Waals surface area contributed by atoms with Crippen molar-refractivity contribution in [2.24, 2.45) is 5.10 Å². The van der Waals surface area contributed by atoms with Gasteiger partial charge in [-0.25, -0.2) is 5.43 Å². The summed E-state index contributed by atoms with van der Waals surface area (Å²) in [5.41, 5.74) is 2.83. The van der Waals surface area contributed by atoms with Crippen molar-refractivity contribution in [3.8, 4) is 11.5 Å². The number of hydrazone groups is 1. The maximum atomic E-state index is 11.9. The molecule has 0 fully saturated rings. The predicted molar refractivity (Wildman–Crippen MR) is 89.6 cm³/mol. The van der Waals surface area contributed by atoms with E-state index in [1.807, 2.05) is 30.3 Å². The van der Waals surface area contributed by atoms with Gasteiger partial charge in [0.05, 0.1) is 24.2 Å². The van der Waals surface area contributed by atoms with Crippen LogP contribution in [-0.4, -0.2) is 23.7 Å². The van der Waals surface area contributed by atoms with Gasteiger partial charge < -0.3 is 9.84 Å². The molecular formula is C17H16N3O5-. The second-order valence-corrected chi connectivity index (χ2v) is 5.01. The lowest BCUT2D eigenvalue weighted by molar-refractivity contribution is -0.398. The summed E-state index contributed by atoms with van der Waals surface area (Å²) in [4.78, 5) is 22.0. The number of hydrogen-bond acceptors (Lipinski definition) is 6. The topological polar surface area (TPSA) is 117 Å². The molecule has 1 N–H and O–H groups in total. The minimum absolute atomic E-state index is 0.131. The molecule has 0 atom stereocenters. The van der Waals surface area contributed by atoms with Crippen molar-refractivity contribution in [3.63, 3.8) is 0 Å². The molecule has 2 aromatic rings. The van der Waals surface area contributed by atoms with Crippen LogP contribution in [0.3, 0.4) is 0 Å². The number of benzene rings is 2. The first-order valence-corrected chi connectivity index (χ1v) is 7.49. The Morgan fingerprint density at radius 2 is 2.04 bits per heavy atom. The normalized spacial score (nSPS) is 10.6. The van der Waals surface area contributed by atoms with Crippen LogP contribution in [0.25, 0.3) is 0 Å². The molecule has 0 saturated carbocycles. The predicted octanol–water partition coefficient (Wildman–Crippen LogP) is 1.76. The second-order valence-electron chi connectivity index (χ2n) is 5.01. The van der Waals surface area contributed by atoms with E-state index in [0.717, 1.165) is 11.6 Å². The van der Waals surface area contributed by atoms with Crippen molar-refractivity contribution in [1.82, 2.24) is 5.43 Å². The molecule has 2 rings (SSSR count). The van der Waals surface area contributed by atoms with Crippen molar-refractivity contribution < 1.29 is 19.6 Å². The Labute approximate surface area is 143 Å². The number of ether oxygens (including phenoxy) is 1. The molecule has 0 aliphatic carbocycles. The van der Waals surface area contributed by atoms with E-state index in [1.165, 1.54) is 12.3 Å². The fourth-order valence-electron chi connectivity index (χ4n) is 2.08. The molecule has 8 heteroatoms. The van der Waals surface area contributed by atoms with E-state index < -0.39 is 16.4 Å². The number of nitro groups is 1. The minimum Gasteiger partial charge on any atom is -0.865 e. The Hall–Kier alpha value is -3.42. The van der Waals surface area contributed by atoms with Crippen LogP contribution in [0.5, 0.6) is 11.5 Å². The van der Waals surface area contributed by atoms with Gasteiger partial charge in [-0.1, -0.05) is 30.3 Å². The van der Waals surface area contributed by atoms with E-state index in [9.17, 15) is 20.0 Å². The Morgan fingerprint density at radius 1 is 1.32 bits per heavy atom. The molecule has 8 nitrogen and oxygen atoms in total. The highest BCUT2D eigenvalue weighted by Crippen LogP contribution is 2.34. The van der Waals surface area contributed by atoms with E-state index in [-0.39, 0.29) is 30.2 Å². The van der Waals surface area contributed by atoms with Gasteiger partial charge in [0.25, 0.3) is 5.69 Å². The van der Waals surface area contributed by atoms with Gasteiger partial charge in [-0.05, 0) is 18.6 Å². The Kier molecular flexibility index (Phi) is 6.05. The average molecular weight is 342 g/mol. The summed E-state index contributed by atoms with van der Waals surface area (Å²) in [6.45, 7) is 1.86. The van der Waals surface area contributed by atoms with Gasteiger partial charge in [0.15, 0.2) is 0 Å². The highest BCUT2D eigenvalue weighted by atomic mass is 16.6. The molecule has 0 aliphatic heterocycles. The van der Waals surface area contributed by atoms with Gasteiger partial charge in [-0.15, -0.1) is 0 Å². The van der Waals surface area contributed by atoms with Gasteiger partial charge in [-0.3, -0.25) is 14.9 Å². The van der Waals surface area contributed by atoms with Crippen LogP contribution < -0.4 is 15.3 Å². The monoisotopic (exact) mass is 342 g/mol. The number of amides is 1. The van der Waals surface area contributed by atoms with Gasteiger partial charge in [-0.2, -0.15) is 5.10 Å². The van der Waals surface area contributed by atoms with E-state index in [1.54, 1.807) is 6.92 Å². The SMILES string of the molecule is CCOc1cc(/C=N\NC(=O)Cc2ccccc2)cc([N+](=O)[O-])c1[O-]. The molecule has 25 heavy (non-hydrogen) atoms. The summed E-state index contributed by atoms with van der Waals surface area (Å²) in [6, 6.07) is 11.5. The van der Waals surface area contributed by atoms with Crippen LogP contribution in [0, 0.1) is 10.1 Å². The van der Waals surface area contributed by atoms with Gasteiger partial charge in [0.1, 0.15) is 5.75 Å². The number of nitro benzene ring substituents is 1. The summed E-state index contributed by atoms with van der Waals surface area (Å²) in [6.07, 6.45) is 1.37. The molecule has 0 heterocycles. The molecule has 2 aromatic carbocycles. The zero-order valence-corrected chi connectivity index (χ0v) is 13.5. The van der Waals surface area contributed by atoms with Crippen LogP contribution in [0.1, 0.15) is 18.1 Å². The molecule has 0 unspecified atom stereocenters. The van der Waals surface area contributed by atoms with E-state index >= 15 is 0 Å². The highest BCUT2D eigenvalue weighted by molar-refractivity contribution is 5.85. The first-order valence-electron chi connectivity index (χ1n) is 7.49. The van der Waals surface area contributed by atoms with Gasteiger partial charge in [0.2, 0.25) is 5.91 Å². The number of carbonyl (C=O) groups is 1. The fourth-order valence-corrected chi connectivity index (χ4v) is 2.08.